The molecule has 1 aliphatic heterocycles. The van der Waals surface area contributed by atoms with Crippen molar-refractivity contribution in [2.24, 2.45) is 5.92 Å². The molecule has 2 aromatic carbocycles. The number of ether oxygens (including phenoxy) is 1. The summed E-state index contributed by atoms with van der Waals surface area (Å²) in [5.41, 5.74) is 1.41. The number of rotatable bonds is 5. The Hall–Kier alpha value is -2.40. The molecule has 0 amide bonds. The van der Waals surface area contributed by atoms with Crippen LogP contribution < -0.4 is 4.74 Å². The van der Waals surface area contributed by atoms with Crippen LogP contribution in [0.5, 0.6) is 11.5 Å². The van der Waals surface area contributed by atoms with Crippen LogP contribution in [0.1, 0.15) is 28.8 Å². The quantitative estimate of drug-likeness (QED) is 0.842. The highest BCUT2D eigenvalue weighted by Gasteiger charge is 2.27. The number of nitrogens with zero attached hydrogens (tertiary/aromatic N) is 1. The maximum atomic E-state index is 13.9. The topological polar surface area (TPSA) is 49.8 Å². The summed E-state index contributed by atoms with van der Waals surface area (Å²) >= 11 is 0. The average Bonchev–Trinajstić information content (AvgIpc) is 2.61. The summed E-state index contributed by atoms with van der Waals surface area (Å²) in [6.07, 6.45) is 1.73. The van der Waals surface area contributed by atoms with E-state index < -0.39 is 5.82 Å². The minimum absolute atomic E-state index is 0.0258. The molecule has 0 unspecified atom stereocenters. The molecule has 0 saturated carbocycles. The molecule has 0 aliphatic carbocycles. The number of hydrogen-bond donors (Lipinski definition) is 1. The van der Waals surface area contributed by atoms with Crippen LogP contribution in [0.25, 0.3) is 0 Å². The minimum atomic E-state index is -0.513. The number of carbonyl (C=O) groups is 1. The Balaban J connectivity index is 1.68. The third-order valence-electron chi connectivity index (χ3n) is 4.63. The standard InChI is InChI=1S/C20H22FNO3/c1-25-19-8-7-15(11-18(19)21)20(24)16-5-3-9-22(13-16)12-14-4-2-6-17(23)10-14/h2,4,6-8,10-11,16,23H,3,5,9,12-13H2,1H3/t16-/m1/s1. The van der Waals surface area contributed by atoms with E-state index in [4.69, 9.17) is 4.74 Å². The Morgan fingerprint density at radius 2 is 2.16 bits per heavy atom. The molecule has 1 atom stereocenters. The van der Waals surface area contributed by atoms with Crippen LogP contribution in [0, 0.1) is 11.7 Å². The lowest BCUT2D eigenvalue weighted by Crippen LogP contribution is -2.38. The number of hydrogen-bond acceptors (Lipinski definition) is 4. The van der Waals surface area contributed by atoms with Crippen molar-refractivity contribution in [1.82, 2.24) is 4.90 Å². The number of phenolic OH excluding ortho intramolecular Hbond substituents is 1. The summed E-state index contributed by atoms with van der Waals surface area (Å²) in [7, 11) is 1.40. The number of halogens is 1. The molecule has 25 heavy (non-hydrogen) atoms. The van der Waals surface area contributed by atoms with Gasteiger partial charge in [0, 0.05) is 24.6 Å². The fourth-order valence-electron chi connectivity index (χ4n) is 3.38. The van der Waals surface area contributed by atoms with Crippen LogP contribution in [0.2, 0.25) is 0 Å². The number of benzene rings is 2. The number of phenols is 1. The summed E-state index contributed by atoms with van der Waals surface area (Å²) in [6.45, 7) is 2.24. The van der Waals surface area contributed by atoms with E-state index >= 15 is 0 Å². The fraction of sp³-hybridized carbons (Fsp3) is 0.350. The second-order valence-electron chi connectivity index (χ2n) is 6.46. The molecular formula is C20H22FNO3. The average molecular weight is 343 g/mol. The Morgan fingerprint density at radius 1 is 1.32 bits per heavy atom. The molecule has 3 rings (SSSR count). The molecule has 1 saturated heterocycles. The zero-order chi connectivity index (χ0) is 17.8. The molecule has 0 aromatic heterocycles. The van der Waals surface area contributed by atoms with Gasteiger partial charge in [-0.3, -0.25) is 9.69 Å². The molecule has 2 aromatic rings. The number of ketones is 1. The van der Waals surface area contributed by atoms with E-state index in [-0.39, 0.29) is 23.2 Å². The normalized spacial score (nSPS) is 18.1. The maximum Gasteiger partial charge on any atom is 0.167 e. The van der Waals surface area contributed by atoms with E-state index in [1.807, 2.05) is 12.1 Å². The fourth-order valence-corrected chi connectivity index (χ4v) is 3.38. The van der Waals surface area contributed by atoms with Crippen molar-refractivity contribution in [2.45, 2.75) is 19.4 Å². The molecule has 1 fully saturated rings. The molecule has 0 bridgehead atoms. The van der Waals surface area contributed by atoms with Gasteiger partial charge in [0.2, 0.25) is 0 Å². The summed E-state index contributed by atoms with van der Waals surface area (Å²) in [4.78, 5) is 14.9. The molecule has 132 valence electrons. The van der Waals surface area contributed by atoms with Gasteiger partial charge in [-0.15, -0.1) is 0 Å². The summed E-state index contributed by atoms with van der Waals surface area (Å²) in [6, 6.07) is 11.5. The number of methoxy groups -OCH3 is 1. The van der Waals surface area contributed by atoms with E-state index in [2.05, 4.69) is 4.90 Å². The van der Waals surface area contributed by atoms with Gasteiger partial charge in [-0.05, 0) is 55.3 Å². The Kier molecular flexibility index (Phi) is 5.34. The summed E-state index contributed by atoms with van der Waals surface area (Å²) in [5, 5.41) is 9.58. The lowest BCUT2D eigenvalue weighted by atomic mass is 9.89. The predicted molar refractivity (Wildman–Crippen MR) is 93.4 cm³/mol. The maximum absolute atomic E-state index is 13.9. The first kappa shape index (κ1) is 17.4. The third kappa shape index (κ3) is 4.17. The van der Waals surface area contributed by atoms with Gasteiger partial charge < -0.3 is 9.84 Å². The van der Waals surface area contributed by atoms with Gasteiger partial charge in [0.05, 0.1) is 7.11 Å². The SMILES string of the molecule is COc1ccc(C(=O)[C@@H]2CCCN(Cc3cccc(O)c3)C2)cc1F. The molecule has 1 N–H and O–H groups in total. The van der Waals surface area contributed by atoms with Gasteiger partial charge in [-0.25, -0.2) is 4.39 Å². The van der Waals surface area contributed by atoms with Gasteiger partial charge in [-0.1, -0.05) is 12.1 Å². The molecule has 1 aliphatic rings. The lowest BCUT2D eigenvalue weighted by molar-refractivity contribution is 0.0811. The van der Waals surface area contributed by atoms with Gasteiger partial charge in [0.1, 0.15) is 5.75 Å². The van der Waals surface area contributed by atoms with Gasteiger partial charge in [0.25, 0.3) is 0 Å². The zero-order valence-corrected chi connectivity index (χ0v) is 14.2. The van der Waals surface area contributed by atoms with E-state index in [1.54, 1.807) is 18.2 Å². The van der Waals surface area contributed by atoms with Crippen LogP contribution in [-0.4, -0.2) is 36.0 Å². The number of carbonyl (C=O) groups excluding carboxylic acids is 1. The smallest absolute Gasteiger partial charge is 0.167 e. The second kappa shape index (κ2) is 7.66. The van der Waals surface area contributed by atoms with Crippen molar-refractivity contribution in [2.75, 3.05) is 20.2 Å². The Morgan fingerprint density at radius 3 is 2.88 bits per heavy atom. The van der Waals surface area contributed by atoms with E-state index in [0.29, 0.717) is 18.7 Å². The van der Waals surface area contributed by atoms with Crippen molar-refractivity contribution in [3.63, 3.8) is 0 Å². The Bertz CT molecular complexity index is 762. The van der Waals surface area contributed by atoms with E-state index in [0.717, 1.165) is 24.9 Å². The van der Waals surface area contributed by atoms with Crippen LogP contribution in [0.15, 0.2) is 42.5 Å². The van der Waals surface area contributed by atoms with Crippen molar-refractivity contribution < 1.29 is 19.0 Å². The lowest BCUT2D eigenvalue weighted by Gasteiger charge is -2.32. The molecular weight excluding hydrogens is 321 g/mol. The highest BCUT2D eigenvalue weighted by molar-refractivity contribution is 5.98. The molecule has 1 heterocycles. The first-order valence-electron chi connectivity index (χ1n) is 8.45. The monoisotopic (exact) mass is 343 g/mol. The molecule has 5 heteroatoms. The number of aromatic hydroxyl groups is 1. The minimum Gasteiger partial charge on any atom is -0.508 e. The van der Waals surface area contributed by atoms with Crippen molar-refractivity contribution in [3.8, 4) is 11.5 Å². The highest BCUT2D eigenvalue weighted by atomic mass is 19.1. The van der Waals surface area contributed by atoms with Crippen LogP contribution >= 0.6 is 0 Å². The van der Waals surface area contributed by atoms with Crippen LogP contribution in [0.4, 0.5) is 4.39 Å². The number of likely N-dealkylation sites (tertiary alicyclic amines) is 1. The first-order valence-corrected chi connectivity index (χ1v) is 8.45. The van der Waals surface area contributed by atoms with Gasteiger partial charge in [-0.2, -0.15) is 0 Å². The number of Topliss-reactive ketones (excluding diaryl/α,β-unsaturated/α-hetero) is 1. The molecule has 4 nitrogen and oxygen atoms in total. The summed E-state index contributed by atoms with van der Waals surface area (Å²) < 4.78 is 18.8. The van der Waals surface area contributed by atoms with Gasteiger partial charge in [0.15, 0.2) is 17.3 Å². The molecule has 0 radical (unpaired) electrons. The summed E-state index contributed by atoms with van der Waals surface area (Å²) in [5.74, 6) is -0.289. The van der Waals surface area contributed by atoms with Crippen molar-refractivity contribution in [3.05, 3.63) is 59.4 Å². The van der Waals surface area contributed by atoms with E-state index in [9.17, 15) is 14.3 Å². The first-order chi connectivity index (χ1) is 12.1. The molecule has 0 spiro atoms. The highest BCUT2D eigenvalue weighted by Crippen LogP contribution is 2.25. The largest absolute Gasteiger partial charge is 0.508 e. The van der Waals surface area contributed by atoms with Gasteiger partial charge >= 0.3 is 0 Å². The van der Waals surface area contributed by atoms with Crippen molar-refractivity contribution in [1.29, 1.82) is 0 Å². The van der Waals surface area contributed by atoms with Crippen molar-refractivity contribution >= 4 is 5.78 Å². The Labute approximate surface area is 146 Å². The number of piperidine rings is 1. The third-order valence-corrected chi connectivity index (χ3v) is 4.63. The van der Waals surface area contributed by atoms with Crippen LogP contribution in [-0.2, 0) is 6.54 Å². The zero-order valence-electron chi connectivity index (χ0n) is 14.2. The predicted octanol–water partition coefficient (Wildman–Crippen LogP) is 3.63. The second-order valence-corrected chi connectivity index (χ2v) is 6.46. The van der Waals surface area contributed by atoms with E-state index in [1.165, 1.54) is 19.2 Å². The van der Waals surface area contributed by atoms with Crippen LogP contribution in [0.3, 0.4) is 0 Å².